The van der Waals surface area contributed by atoms with E-state index in [9.17, 15) is 9.59 Å². The van der Waals surface area contributed by atoms with Gasteiger partial charge in [0.25, 0.3) is 0 Å². The van der Waals surface area contributed by atoms with Crippen LogP contribution in [-0.4, -0.2) is 54.9 Å². The van der Waals surface area contributed by atoms with Gasteiger partial charge in [-0.05, 0) is 101 Å². The van der Waals surface area contributed by atoms with Crippen molar-refractivity contribution in [2.24, 2.45) is 22.7 Å². The highest BCUT2D eigenvalue weighted by Gasteiger charge is 2.70. The zero-order chi connectivity index (χ0) is 33.0. The average Bonchev–Trinajstić information content (AvgIpc) is 3.40. The van der Waals surface area contributed by atoms with Crippen LogP contribution in [0.3, 0.4) is 0 Å². The van der Waals surface area contributed by atoms with Crippen LogP contribution in [0, 0.1) is 22.7 Å². The van der Waals surface area contributed by atoms with Gasteiger partial charge in [-0.25, -0.2) is 9.59 Å². The standard InChI is InChI=1S/C37H46Cl2O7/c1-24-12-13-29-34(4)22-44-33(2,3)45-30(34)14-15-35(29,5)37(24)17-16-36(46-37,23-43-32(41)26-9-7-11-28(39)21-26)18-19-42-31(40)25-8-6-10-27(38)20-25/h6-11,20-21,24,29-30H,12-19,22-23H2,1-5H3/t24-,29+,30+,34+,35+,36-,37+/m1/s1. The highest BCUT2D eigenvalue weighted by molar-refractivity contribution is 6.31. The highest BCUT2D eigenvalue weighted by atomic mass is 35.5. The second-order valence-corrected chi connectivity index (χ2v) is 15.8. The number of fused-ring (bicyclic) bond motifs is 4. The molecule has 0 aromatic heterocycles. The van der Waals surface area contributed by atoms with Crippen LogP contribution in [0.2, 0.25) is 10.0 Å². The van der Waals surface area contributed by atoms with Crippen molar-refractivity contribution in [1.29, 1.82) is 0 Å². The number of esters is 2. The zero-order valence-electron chi connectivity index (χ0n) is 27.5. The first-order chi connectivity index (χ1) is 21.7. The van der Waals surface area contributed by atoms with E-state index in [1.165, 1.54) is 0 Å². The molecule has 4 aliphatic rings. The quantitative estimate of drug-likeness (QED) is 0.272. The molecule has 2 aliphatic heterocycles. The first-order valence-corrected chi connectivity index (χ1v) is 17.3. The van der Waals surface area contributed by atoms with Gasteiger partial charge in [0.1, 0.15) is 12.2 Å². The Morgan fingerprint density at radius 1 is 0.870 bits per heavy atom. The largest absolute Gasteiger partial charge is 0.462 e. The van der Waals surface area contributed by atoms with Crippen LogP contribution >= 0.6 is 23.2 Å². The van der Waals surface area contributed by atoms with Gasteiger partial charge in [0.05, 0.1) is 36.0 Å². The van der Waals surface area contributed by atoms with Gasteiger partial charge >= 0.3 is 11.9 Å². The van der Waals surface area contributed by atoms with Crippen LogP contribution in [0.4, 0.5) is 0 Å². The molecule has 6 rings (SSSR count). The van der Waals surface area contributed by atoms with E-state index in [1.807, 2.05) is 13.8 Å². The Morgan fingerprint density at radius 2 is 1.52 bits per heavy atom. The van der Waals surface area contributed by atoms with Crippen molar-refractivity contribution in [1.82, 2.24) is 0 Å². The smallest absolute Gasteiger partial charge is 0.338 e. The minimum atomic E-state index is -0.832. The molecule has 2 aromatic rings. The molecule has 0 bridgehead atoms. The molecule has 0 amide bonds. The third-order valence-electron chi connectivity index (χ3n) is 11.8. The second kappa shape index (κ2) is 12.4. The topological polar surface area (TPSA) is 80.3 Å². The summed E-state index contributed by atoms with van der Waals surface area (Å²) in [6.07, 6.45) is 6.02. The molecule has 2 saturated carbocycles. The number of carbonyl (C=O) groups excluding carboxylic acids is 2. The number of hydrogen-bond donors (Lipinski definition) is 0. The number of rotatable bonds is 7. The van der Waals surface area contributed by atoms with Crippen molar-refractivity contribution in [2.75, 3.05) is 19.8 Å². The van der Waals surface area contributed by atoms with Gasteiger partial charge in [-0.2, -0.15) is 0 Å². The Hall–Kier alpha value is -2.16. The number of halogens is 2. The van der Waals surface area contributed by atoms with E-state index < -0.39 is 28.9 Å². The summed E-state index contributed by atoms with van der Waals surface area (Å²) in [6.45, 7) is 11.9. The van der Waals surface area contributed by atoms with Crippen molar-refractivity contribution in [2.45, 2.75) is 103 Å². The molecule has 0 unspecified atom stereocenters. The summed E-state index contributed by atoms with van der Waals surface area (Å²) in [6, 6.07) is 13.4. The second-order valence-electron chi connectivity index (χ2n) is 14.9. The van der Waals surface area contributed by atoms with E-state index in [-0.39, 0.29) is 36.1 Å². The number of carbonyl (C=O) groups is 2. The van der Waals surface area contributed by atoms with Crippen LogP contribution in [0.1, 0.15) is 100 Å². The summed E-state index contributed by atoms with van der Waals surface area (Å²) < 4.78 is 32.0. The van der Waals surface area contributed by atoms with Gasteiger partial charge in [-0.1, -0.05) is 56.1 Å². The first-order valence-electron chi connectivity index (χ1n) is 16.6. The van der Waals surface area contributed by atoms with Gasteiger partial charge in [0.2, 0.25) is 0 Å². The van der Waals surface area contributed by atoms with E-state index >= 15 is 0 Å². The summed E-state index contributed by atoms with van der Waals surface area (Å²) in [5.74, 6) is -0.890. The van der Waals surface area contributed by atoms with Gasteiger partial charge in [-0.15, -0.1) is 0 Å². The number of hydrogen-bond acceptors (Lipinski definition) is 7. The Morgan fingerprint density at radius 3 is 2.17 bits per heavy atom. The Bertz CT molecular complexity index is 1480. The van der Waals surface area contributed by atoms with E-state index in [2.05, 4.69) is 20.8 Å². The van der Waals surface area contributed by atoms with Crippen molar-refractivity contribution in [3.05, 3.63) is 69.7 Å². The third kappa shape index (κ3) is 6.00. The molecule has 7 atom stereocenters. The lowest BCUT2D eigenvalue weighted by atomic mass is 9.43. The average molecular weight is 674 g/mol. The lowest BCUT2D eigenvalue weighted by Gasteiger charge is -2.67. The minimum Gasteiger partial charge on any atom is -0.462 e. The fraction of sp³-hybridized carbons (Fsp3) is 0.622. The van der Waals surface area contributed by atoms with Crippen molar-refractivity contribution in [3.63, 3.8) is 0 Å². The molecule has 1 spiro atoms. The van der Waals surface area contributed by atoms with Crippen LogP contribution < -0.4 is 0 Å². The molecule has 2 saturated heterocycles. The SMILES string of the molecule is C[C@@H]1CC[C@H]2[C@]3(C)COC(C)(C)O[C@H]3CC[C@]2(C)[C@]12CC[C@@](CCOC(=O)c1cccc(Cl)c1)(COC(=O)c1cccc(Cl)c1)O2. The molecule has 4 fully saturated rings. The minimum absolute atomic E-state index is 0.0442. The third-order valence-corrected chi connectivity index (χ3v) is 12.2. The first kappa shape index (κ1) is 33.7. The molecule has 46 heavy (non-hydrogen) atoms. The van der Waals surface area contributed by atoms with E-state index in [0.29, 0.717) is 46.5 Å². The predicted molar refractivity (Wildman–Crippen MR) is 176 cm³/mol. The summed E-state index contributed by atoms with van der Waals surface area (Å²) >= 11 is 12.3. The van der Waals surface area contributed by atoms with Crippen LogP contribution in [0.5, 0.6) is 0 Å². The number of benzene rings is 2. The van der Waals surface area contributed by atoms with Crippen molar-refractivity contribution < 1.29 is 33.3 Å². The molecule has 250 valence electrons. The lowest BCUT2D eigenvalue weighted by Crippen LogP contribution is -2.69. The lowest BCUT2D eigenvalue weighted by molar-refractivity contribution is -0.359. The fourth-order valence-electron chi connectivity index (χ4n) is 9.27. The molecular formula is C37H46Cl2O7. The summed E-state index contributed by atoms with van der Waals surface area (Å²) in [7, 11) is 0. The fourth-order valence-corrected chi connectivity index (χ4v) is 9.65. The maximum atomic E-state index is 13.2. The van der Waals surface area contributed by atoms with Gasteiger partial charge in [0, 0.05) is 27.3 Å². The molecule has 7 nitrogen and oxygen atoms in total. The Balaban J connectivity index is 1.26. The maximum absolute atomic E-state index is 13.2. The Kier molecular flexibility index (Phi) is 9.08. The van der Waals surface area contributed by atoms with Gasteiger partial charge < -0.3 is 23.7 Å². The molecule has 9 heteroatoms. The molecule has 0 N–H and O–H groups in total. The summed E-state index contributed by atoms with van der Waals surface area (Å²) in [5, 5.41) is 0.932. The van der Waals surface area contributed by atoms with Gasteiger partial charge in [0.15, 0.2) is 5.79 Å². The molecule has 2 aliphatic carbocycles. The molecule has 2 heterocycles. The monoisotopic (exact) mass is 672 g/mol. The molecular weight excluding hydrogens is 627 g/mol. The van der Waals surface area contributed by atoms with Gasteiger partial charge in [-0.3, -0.25) is 0 Å². The summed E-state index contributed by atoms with van der Waals surface area (Å²) in [4.78, 5) is 26.1. The molecule has 0 radical (unpaired) electrons. The predicted octanol–water partition coefficient (Wildman–Crippen LogP) is 8.69. The maximum Gasteiger partial charge on any atom is 0.338 e. The van der Waals surface area contributed by atoms with E-state index in [4.69, 9.17) is 46.9 Å². The normalized spacial score (nSPS) is 36.5. The number of ether oxygens (including phenoxy) is 5. The molecule has 2 aromatic carbocycles. The van der Waals surface area contributed by atoms with Crippen molar-refractivity contribution in [3.8, 4) is 0 Å². The van der Waals surface area contributed by atoms with E-state index in [1.54, 1.807) is 48.5 Å². The summed E-state index contributed by atoms with van der Waals surface area (Å²) in [5.41, 5.74) is -0.806. The Labute approximate surface area is 282 Å². The zero-order valence-corrected chi connectivity index (χ0v) is 29.0. The van der Waals surface area contributed by atoms with Crippen LogP contribution in [-0.2, 0) is 23.7 Å². The van der Waals surface area contributed by atoms with Crippen LogP contribution in [0.25, 0.3) is 0 Å². The van der Waals surface area contributed by atoms with E-state index in [0.717, 1.165) is 32.1 Å². The van der Waals surface area contributed by atoms with Crippen LogP contribution in [0.15, 0.2) is 48.5 Å². The highest BCUT2D eigenvalue weighted by Crippen LogP contribution is 2.69. The van der Waals surface area contributed by atoms with Crippen molar-refractivity contribution >= 4 is 35.1 Å².